The second-order valence-corrected chi connectivity index (χ2v) is 6.60. The predicted molar refractivity (Wildman–Crippen MR) is 104 cm³/mol. The van der Waals surface area contributed by atoms with E-state index < -0.39 is 0 Å². The van der Waals surface area contributed by atoms with Crippen LogP contribution in [0.2, 0.25) is 0 Å². The highest BCUT2D eigenvalue weighted by atomic mass is 15.1. The van der Waals surface area contributed by atoms with Gasteiger partial charge in [-0.15, -0.1) is 0 Å². The number of aromatic nitrogens is 1. The third-order valence-corrected chi connectivity index (χ3v) is 4.39. The first-order chi connectivity index (χ1) is 11.5. The van der Waals surface area contributed by atoms with Crippen LogP contribution in [0.1, 0.15) is 11.1 Å². The number of hydrogen-bond donors (Lipinski definition) is 1. The van der Waals surface area contributed by atoms with E-state index in [-0.39, 0.29) is 0 Å². The van der Waals surface area contributed by atoms with Gasteiger partial charge < -0.3 is 10.2 Å². The highest BCUT2D eigenvalue weighted by Gasteiger charge is 2.08. The Morgan fingerprint density at radius 3 is 2.50 bits per heavy atom. The molecule has 0 aliphatic carbocycles. The van der Waals surface area contributed by atoms with E-state index in [9.17, 15) is 0 Å². The number of rotatable bonds is 5. The molecule has 0 fully saturated rings. The van der Waals surface area contributed by atoms with Crippen molar-refractivity contribution < 1.29 is 0 Å². The van der Waals surface area contributed by atoms with Gasteiger partial charge in [0.2, 0.25) is 0 Å². The van der Waals surface area contributed by atoms with Gasteiger partial charge in [-0.3, -0.25) is 0 Å². The Labute approximate surface area is 144 Å². The van der Waals surface area contributed by atoms with Crippen molar-refractivity contribution in [2.75, 3.05) is 32.5 Å². The molecule has 1 heterocycles. The molecule has 0 radical (unpaired) electrons. The lowest BCUT2D eigenvalue weighted by Gasteiger charge is -2.15. The third-order valence-electron chi connectivity index (χ3n) is 4.39. The number of likely N-dealkylation sites (N-methyl/N-ethyl adjacent to an activating group) is 1. The van der Waals surface area contributed by atoms with Gasteiger partial charge in [0.25, 0.3) is 0 Å². The first kappa shape index (κ1) is 16.5. The molecule has 0 aliphatic rings. The third kappa shape index (κ3) is 3.57. The molecular formula is C21H25N3. The van der Waals surface area contributed by atoms with Crippen LogP contribution in [-0.2, 0) is 0 Å². The maximum atomic E-state index is 4.87. The van der Waals surface area contributed by atoms with Crippen LogP contribution in [0.15, 0.2) is 48.5 Å². The summed E-state index contributed by atoms with van der Waals surface area (Å²) in [6.45, 7) is 6.19. The number of anilines is 1. The largest absolute Gasteiger partial charge is 0.383 e. The number of aryl methyl sites for hydroxylation is 2. The monoisotopic (exact) mass is 319 g/mol. The molecule has 0 unspecified atom stereocenters. The van der Waals surface area contributed by atoms with E-state index in [4.69, 9.17) is 4.98 Å². The standard InChI is InChI=1S/C21H25N3/c1-15-9-10-17(13-16(15)2)20-14-21(22-11-12-24(3)4)18-7-5-6-8-19(18)23-20/h5-10,13-14H,11-12H2,1-4H3,(H,22,23). The van der Waals surface area contributed by atoms with Crippen LogP contribution in [0.25, 0.3) is 22.2 Å². The molecule has 3 rings (SSSR count). The zero-order valence-electron chi connectivity index (χ0n) is 14.9. The summed E-state index contributed by atoms with van der Waals surface area (Å²) in [4.78, 5) is 7.05. The molecular weight excluding hydrogens is 294 g/mol. The van der Waals surface area contributed by atoms with E-state index in [1.165, 1.54) is 22.1 Å². The Bertz CT molecular complexity index is 853. The van der Waals surface area contributed by atoms with Crippen molar-refractivity contribution in [2.45, 2.75) is 13.8 Å². The van der Waals surface area contributed by atoms with Gasteiger partial charge in [0.15, 0.2) is 0 Å². The van der Waals surface area contributed by atoms with Gasteiger partial charge in [0.1, 0.15) is 0 Å². The molecule has 1 aromatic heterocycles. The fourth-order valence-corrected chi connectivity index (χ4v) is 2.78. The number of hydrogen-bond acceptors (Lipinski definition) is 3. The summed E-state index contributed by atoms with van der Waals surface area (Å²) >= 11 is 0. The van der Waals surface area contributed by atoms with Crippen molar-refractivity contribution in [3.05, 3.63) is 59.7 Å². The molecule has 124 valence electrons. The Morgan fingerprint density at radius 2 is 1.75 bits per heavy atom. The first-order valence-corrected chi connectivity index (χ1v) is 8.40. The predicted octanol–water partition coefficient (Wildman–Crippen LogP) is 4.49. The Balaban J connectivity index is 2.03. The molecule has 0 amide bonds. The van der Waals surface area contributed by atoms with Gasteiger partial charge >= 0.3 is 0 Å². The fourth-order valence-electron chi connectivity index (χ4n) is 2.78. The van der Waals surface area contributed by atoms with E-state index in [1.807, 2.05) is 6.07 Å². The highest BCUT2D eigenvalue weighted by molar-refractivity contribution is 5.93. The topological polar surface area (TPSA) is 28.2 Å². The van der Waals surface area contributed by atoms with Crippen molar-refractivity contribution in [3.63, 3.8) is 0 Å². The summed E-state index contributed by atoms with van der Waals surface area (Å²) < 4.78 is 0. The minimum absolute atomic E-state index is 0.910. The maximum absolute atomic E-state index is 4.87. The zero-order chi connectivity index (χ0) is 17.1. The molecule has 0 bridgehead atoms. The van der Waals surface area contributed by atoms with E-state index in [1.54, 1.807) is 0 Å². The summed E-state index contributed by atoms with van der Waals surface area (Å²) in [5, 5.41) is 4.74. The molecule has 3 nitrogen and oxygen atoms in total. The van der Waals surface area contributed by atoms with Crippen LogP contribution < -0.4 is 5.32 Å². The molecule has 3 heteroatoms. The average molecular weight is 319 g/mol. The SMILES string of the molecule is Cc1ccc(-c2cc(NCCN(C)C)c3ccccc3n2)cc1C. The van der Waals surface area contributed by atoms with Crippen molar-refractivity contribution in [3.8, 4) is 11.3 Å². The molecule has 0 saturated carbocycles. The molecule has 3 aromatic rings. The summed E-state index contributed by atoms with van der Waals surface area (Å²) in [5.41, 5.74) is 6.97. The second kappa shape index (κ2) is 7.02. The Hall–Kier alpha value is -2.39. The number of benzene rings is 2. The van der Waals surface area contributed by atoms with Gasteiger partial charge in [-0.05, 0) is 57.3 Å². The lowest BCUT2D eigenvalue weighted by molar-refractivity contribution is 0.425. The van der Waals surface area contributed by atoms with E-state index in [0.717, 1.165) is 30.0 Å². The lowest BCUT2D eigenvalue weighted by Crippen LogP contribution is -2.20. The number of fused-ring (bicyclic) bond motifs is 1. The highest BCUT2D eigenvalue weighted by Crippen LogP contribution is 2.29. The van der Waals surface area contributed by atoms with Gasteiger partial charge in [0, 0.05) is 29.7 Å². The molecule has 0 spiro atoms. The zero-order valence-corrected chi connectivity index (χ0v) is 14.9. The van der Waals surface area contributed by atoms with Gasteiger partial charge in [-0.2, -0.15) is 0 Å². The minimum Gasteiger partial charge on any atom is -0.383 e. The molecule has 1 N–H and O–H groups in total. The van der Waals surface area contributed by atoms with Crippen molar-refractivity contribution >= 4 is 16.6 Å². The van der Waals surface area contributed by atoms with Crippen LogP contribution >= 0.6 is 0 Å². The van der Waals surface area contributed by atoms with Crippen molar-refractivity contribution in [2.24, 2.45) is 0 Å². The average Bonchev–Trinajstić information content (AvgIpc) is 2.57. The Kier molecular flexibility index (Phi) is 4.81. The molecule has 24 heavy (non-hydrogen) atoms. The van der Waals surface area contributed by atoms with E-state index in [0.29, 0.717) is 0 Å². The summed E-state index contributed by atoms with van der Waals surface area (Å²) in [5.74, 6) is 0. The van der Waals surface area contributed by atoms with Crippen molar-refractivity contribution in [1.29, 1.82) is 0 Å². The molecule has 0 saturated heterocycles. The fraction of sp³-hybridized carbons (Fsp3) is 0.286. The van der Waals surface area contributed by atoms with Gasteiger partial charge in [-0.25, -0.2) is 4.98 Å². The van der Waals surface area contributed by atoms with E-state index in [2.05, 4.69) is 80.6 Å². The van der Waals surface area contributed by atoms with Crippen LogP contribution in [0.4, 0.5) is 5.69 Å². The van der Waals surface area contributed by atoms with Crippen LogP contribution in [0.5, 0.6) is 0 Å². The minimum atomic E-state index is 0.910. The number of nitrogens with one attached hydrogen (secondary N) is 1. The lowest BCUT2D eigenvalue weighted by atomic mass is 10.0. The quantitative estimate of drug-likeness (QED) is 0.751. The maximum Gasteiger partial charge on any atom is 0.0730 e. The molecule has 0 atom stereocenters. The van der Waals surface area contributed by atoms with Crippen LogP contribution in [0, 0.1) is 13.8 Å². The van der Waals surface area contributed by atoms with E-state index >= 15 is 0 Å². The molecule has 2 aromatic carbocycles. The number of pyridine rings is 1. The smallest absolute Gasteiger partial charge is 0.0730 e. The number of para-hydroxylation sites is 1. The van der Waals surface area contributed by atoms with Gasteiger partial charge in [-0.1, -0.05) is 30.3 Å². The normalized spacial score (nSPS) is 11.2. The summed E-state index contributed by atoms with van der Waals surface area (Å²) in [7, 11) is 4.18. The van der Waals surface area contributed by atoms with Gasteiger partial charge in [0.05, 0.1) is 11.2 Å². The first-order valence-electron chi connectivity index (χ1n) is 8.40. The Morgan fingerprint density at radius 1 is 0.958 bits per heavy atom. The van der Waals surface area contributed by atoms with Crippen molar-refractivity contribution in [1.82, 2.24) is 9.88 Å². The van der Waals surface area contributed by atoms with Crippen LogP contribution in [0.3, 0.4) is 0 Å². The number of nitrogens with zero attached hydrogens (tertiary/aromatic N) is 2. The van der Waals surface area contributed by atoms with Crippen LogP contribution in [-0.4, -0.2) is 37.1 Å². The second-order valence-electron chi connectivity index (χ2n) is 6.60. The summed E-state index contributed by atoms with van der Waals surface area (Å²) in [6.07, 6.45) is 0. The molecule has 0 aliphatic heterocycles. The summed E-state index contributed by atoms with van der Waals surface area (Å²) in [6, 6.07) is 17.0.